The Labute approximate surface area is 230 Å². The second-order valence-electron chi connectivity index (χ2n) is 11.0. The van der Waals surface area contributed by atoms with Gasteiger partial charge in [-0.25, -0.2) is 9.78 Å². The molecule has 3 aromatic heterocycles. The van der Waals surface area contributed by atoms with Gasteiger partial charge in [0.05, 0.1) is 17.6 Å². The molecule has 1 aliphatic heterocycles. The van der Waals surface area contributed by atoms with Gasteiger partial charge in [0.1, 0.15) is 17.2 Å². The molecule has 2 saturated carbocycles. The smallest absolute Gasteiger partial charge is 0.354 e. The van der Waals surface area contributed by atoms with Crippen molar-refractivity contribution >= 4 is 40.2 Å². The molecule has 1 N–H and O–H groups in total. The number of allylic oxidation sites excluding steroid dienone is 1. The minimum atomic E-state index is -1.07. The zero-order chi connectivity index (χ0) is 26.7. The highest BCUT2D eigenvalue weighted by Crippen LogP contribution is 2.54. The first-order valence-corrected chi connectivity index (χ1v) is 13.6. The predicted octanol–water partition coefficient (Wildman–Crippen LogP) is 6.45. The van der Waals surface area contributed by atoms with Gasteiger partial charge in [-0.3, -0.25) is 4.98 Å². The second kappa shape index (κ2) is 9.09. The Kier molecular flexibility index (Phi) is 5.63. The zero-order valence-corrected chi connectivity index (χ0v) is 22.2. The molecule has 1 saturated heterocycles. The molecule has 3 aliphatic rings. The number of nitrogens with zero attached hydrogens (tertiary/aromatic N) is 4. The Hall–Kier alpha value is -3.91. The Morgan fingerprint density at radius 1 is 1.23 bits per heavy atom. The summed E-state index contributed by atoms with van der Waals surface area (Å²) in [6, 6.07) is 9.30. The quantitative estimate of drug-likeness (QED) is 0.284. The molecule has 8 nitrogen and oxygen atoms in total. The Bertz CT molecular complexity index is 1630. The number of aromatic nitrogens is 3. The fraction of sp³-hybridized carbons (Fsp3) is 0.333. The van der Waals surface area contributed by atoms with Gasteiger partial charge in [-0.05, 0) is 55.9 Å². The van der Waals surface area contributed by atoms with Gasteiger partial charge in [-0.2, -0.15) is 0 Å². The number of fused-ring (bicyclic) bond motifs is 1. The molecular formula is C30H27ClN4O4. The Morgan fingerprint density at radius 2 is 2.05 bits per heavy atom. The van der Waals surface area contributed by atoms with Crippen LogP contribution in [-0.4, -0.2) is 46.4 Å². The number of hydrogen-bond donors (Lipinski definition) is 1. The normalized spacial score (nSPS) is 18.5. The molecule has 0 atom stereocenters. The number of pyridine rings is 2. The summed E-state index contributed by atoms with van der Waals surface area (Å²) in [5.41, 5.74) is 4.73. The summed E-state index contributed by atoms with van der Waals surface area (Å²) in [6.07, 6.45) is 12.5. The fourth-order valence-electron chi connectivity index (χ4n) is 6.16. The lowest BCUT2D eigenvalue weighted by Gasteiger charge is -2.59. The number of halogens is 1. The summed E-state index contributed by atoms with van der Waals surface area (Å²) in [7, 11) is 1.55. The van der Waals surface area contributed by atoms with Gasteiger partial charge in [0.2, 0.25) is 0 Å². The number of carboxylic acid groups (broad SMARTS) is 1. The van der Waals surface area contributed by atoms with Gasteiger partial charge >= 0.3 is 5.97 Å². The molecular weight excluding hydrogens is 516 g/mol. The van der Waals surface area contributed by atoms with E-state index in [-0.39, 0.29) is 5.69 Å². The molecule has 2 aliphatic carbocycles. The van der Waals surface area contributed by atoms with Crippen LogP contribution < -0.4 is 9.64 Å². The molecule has 198 valence electrons. The van der Waals surface area contributed by atoms with Crippen molar-refractivity contribution in [3.8, 4) is 17.0 Å². The molecule has 0 amide bonds. The maximum atomic E-state index is 11.4. The molecule has 4 aromatic rings. The summed E-state index contributed by atoms with van der Waals surface area (Å²) in [5, 5.41) is 15.1. The van der Waals surface area contributed by atoms with Gasteiger partial charge in [-0.15, -0.1) is 0 Å². The predicted molar refractivity (Wildman–Crippen MR) is 148 cm³/mol. The summed E-state index contributed by atoms with van der Waals surface area (Å²) in [4.78, 5) is 22.1. The number of rotatable bonds is 7. The standard InChI is InChI=1S/C30H27ClN4O4/c1-38-26-11-25(29(36)37)33-24-7-5-19(10-22(24)26)35-15-30(16-35)12-17(13-30)2-6-21-27(20-8-9-32-14-23(20)31)34-39-28(21)18-3-4-18/h2,5-11,14,17-18H,3-4,12-13,15-16H2,1H3,(H,36,37)/b6-2+. The number of methoxy groups -OCH3 is 1. The van der Waals surface area contributed by atoms with Crippen LogP contribution in [0.2, 0.25) is 5.02 Å². The number of ether oxygens (including phenoxy) is 1. The van der Waals surface area contributed by atoms with Crippen molar-refractivity contribution in [1.29, 1.82) is 0 Å². The third kappa shape index (κ3) is 4.23. The fourth-order valence-corrected chi connectivity index (χ4v) is 6.36. The Morgan fingerprint density at radius 3 is 2.77 bits per heavy atom. The summed E-state index contributed by atoms with van der Waals surface area (Å²) in [5.74, 6) is 1.39. The third-order valence-electron chi connectivity index (χ3n) is 8.27. The first-order valence-electron chi connectivity index (χ1n) is 13.2. The average molecular weight is 543 g/mol. The minimum absolute atomic E-state index is 0.0185. The monoisotopic (exact) mass is 542 g/mol. The van der Waals surface area contributed by atoms with Crippen molar-refractivity contribution in [3.63, 3.8) is 0 Å². The van der Waals surface area contributed by atoms with Gasteiger partial charge in [0.15, 0.2) is 5.69 Å². The molecule has 0 bridgehead atoms. The number of anilines is 1. The van der Waals surface area contributed by atoms with Crippen LogP contribution in [0.5, 0.6) is 5.75 Å². The molecule has 4 heterocycles. The van der Waals surface area contributed by atoms with Crippen LogP contribution >= 0.6 is 11.6 Å². The maximum Gasteiger partial charge on any atom is 0.354 e. The van der Waals surface area contributed by atoms with Crippen LogP contribution in [-0.2, 0) is 0 Å². The first-order chi connectivity index (χ1) is 18.9. The lowest BCUT2D eigenvalue weighted by Crippen LogP contribution is -2.62. The van der Waals surface area contributed by atoms with Crippen LogP contribution in [0.25, 0.3) is 28.2 Å². The lowest BCUT2D eigenvalue weighted by atomic mass is 9.57. The zero-order valence-electron chi connectivity index (χ0n) is 21.4. The molecule has 39 heavy (non-hydrogen) atoms. The van der Waals surface area contributed by atoms with Crippen molar-refractivity contribution in [3.05, 3.63) is 70.8 Å². The molecule has 0 radical (unpaired) electrons. The van der Waals surface area contributed by atoms with Crippen LogP contribution in [0.4, 0.5) is 5.69 Å². The summed E-state index contributed by atoms with van der Waals surface area (Å²) < 4.78 is 11.3. The van der Waals surface area contributed by atoms with Crippen molar-refractivity contribution in [2.24, 2.45) is 11.3 Å². The van der Waals surface area contributed by atoms with Crippen LogP contribution in [0.15, 0.2) is 53.3 Å². The van der Waals surface area contributed by atoms with Crippen LogP contribution in [0, 0.1) is 11.3 Å². The van der Waals surface area contributed by atoms with E-state index >= 15 is 0 Å². The molecule has 1 spiro atoms. The van der Waals surface area contributed by atoms with E-state index in [0.29, 0.717) is 33.5 Å². The van der Waals surface area contributed by atoms with Crippen LogP contribution in [0.3, 0.4) is 0 Å². The summed E-state index contributed by atoms with van der Waals surface area (Å²) >= 11 is 6.43. The molecule has 7 rings (SSSR count). The average Bonchev–Trinajstić information content (AvgIpc) is 3.65. The van der Waals surface area contributed by atoms with E-state index < -0.39 is 5.97 Å². The van der Waals surface area contributed by atoms with E-state index in [1.165, 1.54) is 6.07 Å². The van der Waals surface area contributed by atoms with E-state index in [2.05, 4.69) is 32.2 Å². The number of carbonyl (C=O) groups is 1. The Balaban J connectivity index is 1.04. The van der Waals surface area contributed by atoms with Crippen LogP contribution in [0.1, 0.15) is 53.4 Å². The maximum absolute atomic E-state index is 11.4. The van der Waals surface area contributed by atoms with E-state index in [1.807, 2.05) is 24.3 Å². The van der Waals surface area contributed by atoms with E-state index in [4.69, 9.17) is 20.9 Å². The molecule has 3 fully saturated rings. The van der Waals surface area contributed by atoms with E-state index in [1.54, 1.807) is 19.5 Å². The second-order valence-corrected chi connectivity index (χ2v) is 11.4. The van der Waals surface area contributed by atoms with Gasteiger partial charge in [0.25, 0.3) is 0 Å². The number of hydrogen-bond acceptors (Lipinski definition) is 7. The molecule has 1 aromatic carbocycles. The van der Waals surface area contributed by atoms with Crippen molar-refractivity contribution in [2.45, 2.75) is 31.6 Å². The highest BCUT2D eigenvalue weighted by Gasteiger charge is 2.51. The van der Waals surface area contributed by atoms with E-state index in [0.717, 1.165) is 72.4 Å². The molecule has 0 unspecified atom stereocenters. The van der Waals surface area contributed by atoms with Gasteiger partial charge in [-0.1, -0.05) is 28.9 Å². The SMILES string of the molecule is COc1cc(C(=O)O)nc2ccc(N3CC4(CC(/C=C/c5c(-c6ccncc6Cl)noc5C5CC5)C4)C3)cc12. The van der Waals surface area contributed by atoms with Crippen molar-refractivity contribution in [1.82, 2.24) is 15.1 Å². The number of aromatic carboxylic acids is 1. The van der Waals surface area contributed by atoms with Gasteiger partial charge < -0.3 is 19.3 Å². The topological polar surface area (TPSA) is 102 Å². The lowest BCUT2D eigenvalue weighted by molar-refractivity contribution is 0.0486. The first kappa shape index (κ1) is 24.2. The summed E-state index contributed by atoms with van der Waals surface area (Å²) in [6.45, 7) is 2.01. The highest BCUT2D eigenvalue weighted by molar-refractivity contribution is 6.33. The number of benzene rings is 1. The third-order valence-corrected chi connectivity index (χ3v) is 8.57. The minimum Gasteiger partial charge on any atom is -0.496 e. The molecule has 9 heteroatoms. The highest BCUT2D eigenvalue weighted by atomic mass is 35.5. The van der Waals surface area contributed by atoms with Crippen molar-refractivity contribution < 1.29 is 19.2 Å². The van der Waals surface area contributed by atoms with E-state index in [9.17, 15) is 9.90 Å². The number of carboxylic acids is 1. The van der Waals surface area contributed by atoms with Crippen molar-refractivity contribution in [2.75, 3.05) is 25.1 Å². The largest absolute Gasteiger partial charge is 0.496 e. The van der Waals surface area contributed by atoms with Gasteiger partial charge in [0, 0.05) is 65.1 Å².